The van der Waals surface area contributed by atoms with Crippen LogP contribution in [0.2, 0.25) is 0 Å². The fourth-order valence-electron chi connectivity index (χ4n) is 2.28. The minimum atomic E-state index is -1.14. The molecule has 146 valence electrons. The van der Waals surface area contributed by atoms with Crippen LogP contribution in [0.15, 0.2) is 65.1 Å². The SMILES string of the molecule is C/C(=C/C(=O)Nc1ccc(SC(C)C(=O)Nc2cccc(C)c2)cc1)C(=O)O. The second-order valence-electron chi connectivity index (χ2n) is 6.26. The predicted molar refractivity (Wildman–Crippen MR) is 112 cm³/mol. The highest BCUT2D eigenvalue weighted by atomic mass is 32.2. The van der Waals surface area contributed by atoms with Crippen molar-refractivity contribution >= 4 is 40.9 Å². The first-order chi connectivity index (χ1) is 13.2. The zero-order chi connectivity index (χ0) is 20.7. The first kappa shape index (κ1) is 21.2. The van der Waals surface area contributed by atoms with Crippen molar-refractivity contribution in [2.75, 3.05) is 10.6 Å². The number of hydrogen-bond acceptors (Lipinski definition) is 4. The summed E-state index contributed by atoms with van der Waals surface area (Å²) in [5, 5.41) is 14.0. The highest BCUT2D eigenvalue weighted by molar-refractivity contribution is 8.00. The van der Waals surface area contributed by atoms with E-state index in [9.17, 15) is 14.4 Å². The summed E-state index contributed by atoms with van der Waals surface area (Å²) in [6.45, 7) is 5.14. The van der Waals surface area contributed by atoms with E-state index in [-0.39, 0.29) is 16.7 Å². The summed E-state index contributed by atoms with van der Waals surface area (Å²) < 4.78 is 0. The lowest BCUT2D eigenvalue weighted by Crippen LogP contribution is -2.22. The van der Waals surface area contributed by atoms with E-state index in [0.717, 1.165) is 22.2 Å². The van der Waals surface area contributed by atoms with E-state index in [2.05, 4.69) is 10.6 Å². The van der Waals surface area contributed by atoms with Gasteiger partial charge in [0.1, 0.15) is 0 Å². The number of hydrogen-bond donors (Lipinski definition) is 3. The molecule has 2 aromatic rings. The Labute approximate surface area is 168 Å². The first-order valence-corrected chi connectivity index (χ1v) is 9.49. The molecule has 3 N–H and O–H groups in total. The smallest absolute Gasteiger partial charge is 0.331 e. The number of thioether (sulfide) groups is 1. The third-order valence-corrected chi connectivity index (χ3v) is 4.89. The Kier molecular flexibility index (Phi) is 7.40. The molecule has 0 aliphatic rings. The summed E-state index contributed by atoms with van der Waals surface area (Å²) in [6.07, 6.45) is 1.03. The van der Waals surface area contributed by atoms with Crippen molar-refractivity contribution in [1.82, 2.24) is 0 Å². The summed E-state index contributed by atoms with van der Waals surface area (Å²) in [6, 6.07) is 14.6. The van der Waals surface area contributed by atoms with Crippen LogP contribution in [0.4, 0.5) is 11.4 Å². The van der Waals surface area contributed by atoms with E-state index < -0.39 is 11.9 Å². The minimum absolute atomic E-state index is 0.0434. The number of rotatable bonds is 7. The van der Waals surface area contributed by atoms with Crippen molar-refractivity contribution in [2.24, 2.45) is 0 Å². The van der Waals surface area contributed by atoms with Crippen LogP contribution in [0.1, 0.15) is 19.4 Å². The van der Waals surface area contributed by atoms with Crippen LogP contribution >= 0.6 is 11.8 Å². The molecule has 2 aromatic carbocycles. The molecule has 0 aliphatic carbocycles. The number of benzene rings is 2. The molecule has 7 heteroatoms. The van der Waals surface area contributed by atoms with Gasteiger partial charge in [-0.2, -0.15) is 0 Å². The zero-order valence-corrected chi connectivity index (χ0v) is 16.7. The number of nitrogens with one attached hydrogen (secondary N) is 2. The fourth-order valence-corrected chi connectivity index (χ4v) is 3.15. The second-order valence-corrected chi connectivity index (χ2v) is 7.68. The third kappa shape index (κ3) is 6.59. The maximum absolute atomic E-state index is 12.4. The highest BCUT2D eigenvalue weighted by Crippen LogP contribution is 2.25. The number of carboxylic acid groups (broad SMARTS) is 1. The van der Waals surface area contributed by atoms with Crippen LogP contribution in [-0.2, 0) is 14.4 Å². The van der Waals surface area contributed by atoms with Crippen molar-refractivity contribution < 1.29 is 19.5 Å². The molecule has 0 fully saturated rings. The summed E-state index contributed by atoms with van der Waals surface area (Å²) >= 11 is 1.40. The van der Waals surface area contributed by atoms with Gasteiger partial charge in [0.25, 0.3) is 0 Å². The molecular weight excluding hydrogens is 376 g/mol. The summed E-state index contributed by atoms with van der Waals surface area (Å²) in [7, 11) is 0. The second kappa shape index (κ2) is 9.75. The van der Waals surface area contributed by atoms with Crippen LogP contribution in [0.5, 0.6) is 0 Å². The zero-order valence-electron chi connectivity index (χ0n) is 15.9. The number of carbonyl (C=O) groups excluding carboxylic acids is 2. The van der Waals surface area contributed by atoms with E-state index >= 15 is 0 Å². The number of anilines is 2. The molecule has 0 radical (unpaired) electrons. The Bertz CT molecular complexity index is 907. The monoisotopic (exact) mass is 398 g/mol. The lowest BCUT2D eigenvalue weighted by molar-refractivity contribution is -0.132. The average molecular weight is 398 g/mol. The van der Waals surface area contributed by atoms with Gasteiger partial charge in [-0.25, -0.2) is 4.79 Å². The average Bonchev–Trinajstić information content (AvgIpc) is 2.63. The summed E-state index contributed by atoms with van der Waals surface area (Å²) in [5.41, 5.74) is 2.34. The van der Waals surface area contributed by atoms with Crippen LogP contribution < -0.4 is 10.6 Å². The number of aryl methyl sites for hydroxylation is 1. The van der Waals surface area contributed by atoms with Gasteiger partial charge < -0.3 is 15.7 Å². The molecule has 28 heavy (non-hydrogen) atoms. The molecule has 6 nitrogen and oxygen atoms in total. The maximum Gasteiger partial charge on any atom is 0.331 e. The Morgan fingerprint density at radius 2 is 1.71 bits per heavy atom. The molecule has 0 saturated heterocycles. The highest BCUT2D eigenvalue weighted by Gasteiger charge is 2.15. The molecular formula is C21H22N2O4S. The largest absolute Gasteiger partial charge is 0.478 e. The molecule has 0 spiro atoms. The van der Waals surface area contributed by atoms with E-state index in [1.54, 1.807) is 24.3 Å². The summed E-state index contributed by atoms with van der Waals surface area (Å²) in [4.78, 5) is 35.7. The third-order valence-electron chi connectivity index (χ3n) is 3.77. The topological polar surface area (TPSA) is 95.5 Å². The molecule has 0 heterocycles. The van der Waals surface area contributed by atoms with Crippen molar-refractivity contribution in [3.05, 3.63) is 65.7 Å². The van der Waals surface area contributed by atoms with E-state index in [4.69, 9.17) is 5.11 Å². The Hall–Kier alpha value is -3.06. The Morgan fingerprint density at radius 1 is 1.04 bits per heavy atom. The van der Waals surface area contributed by atoms with Crippen LogP contribution in [0.3, 0.4) is 0 Å². The molecule has 0 aromatic heterocycles. The van der Waals surface area contributed by atoms with E-state index in [1.807, 2.05) is 38.1 Å². The molecule has 1 atom stereocenters. The van der Waals surface area contributed by atoms with Gasteiger partial charge in [0.2, 0.25) is 11.8 Å². The lowest BCUT2D eigenvalue weighted by atomic mass is 10.2. The van der Waals surface area contributed by atoms with Gasteiger partial charge in [-0.1, -0.05) is 12.1 Å². The normalized spacial score (nSPS) is 12.2. The maximum atomic E-state index is 12.4. The van der Waals surface area contributed by atoms with E-state index in [1.165, 1.54) is 18.7 Å². The lowest BCUT2D eigenvalue weighted by Gasteiger charge is -2.13. The molecule has 0 aliphatic heterocycles. The van der Waals surface area contributed by atoms with Gasteiger partial charge in [0.05, 0.1) is 5.25 Å². The van der Waals surface area contributed by atoms with Crippen LogP contribution in [0.25, 0.3) is 0 Å². The molecule has 2 amide bonds. The molecule has 2 rings (SSSR count). The fraction of sp³-hybridized carbons (Fsp3) is 0.190. The van der Waals surface area contributed by atoms with E-state index in [0.29, 0.717) is 5.69 Å². The van der Waals surface area contributed by atoms with Crippen LogP contribution in [0, 0.1) is 6.92 Å². The standard InChI is InChI=1S/C21H22N2O4S/c1-13-5-4-6-17(11-13)23-20(25)15(3)28-18-9-7-16(8-10-18)22-19(24)12-14(2)21(26)27/h4-12,15H,1-3H3,(H,22,24)(H,23,25)(H,26,27)/b14-12-. The number of carbonyl (C=O) groups is 3. The number of carboxylic acids is 1. The molecule has 1 unspecified atom stereocenters. The van der Waals surface area contributed by atoms with Gasteiger partial charge >= 0.3 is 5.97 Å². The van der Waals surface area contributed by atoms with Crippen molar-refractivity contribution in [2.45, 2.75) is 30.9 Å². The van der Waals surface area contributed by atoms with Gasteiger partial charge in [-0.15, -0.1) is 11.8 Å². The molecule has 0 saturated carbocycles. The molecule has 0 bridgehead atoms. The van der Waals surface area contributed by atoms with Gasteiger partial charge in [0.15, 0.2) is 0 Å². The van der Waals surface area contributed by atoms with Crippen molar-refractivity contribution in [1.29, 1.82) is 0 Å². The summed E-state index contributed by atoms with van der Waals surface area (Å²) in [5.74, 6) is -1.74. The Morgan fingerprint density at radius 3 is 2.32 bits per heavy atom. The quantitative estimate of drug-likeness (QED) is 0.482. The van der Waals surface area contributed by atoms with Gasteiger partial charge in [-0.3, -0.25) is 9.59 Å². The predicted octanol–water partition coefficient (Wildman–Crippen LogP) is 4.08. The number of aliphatic carboxylic acids is 1. The van der Waals surface area contributed by atoms with Gasteiger partial charge in [-0.05, 0) is 62.7 Å². The van der Waals surface area contributed by atoms with Crippen molar-refractivity contribution in [3.63, 3.8) is 0 Å². The Balaban J connectivity index is 1.92. The minimum Gasteiger partial charge on any atom is -0.478 e. The van der Waals surface area contributed by atoms with Crippen molar-refractivity contribution in [3.8, 4) is 0 Å². The first-order valence-electron chi connectivity index (χ1n) is 8.61. The number of amides is 2. The van der Waals surface area contributed by atoms with Gasteiger partial charge in [0, 0.05) is 27.9 Å². The van der Waals surface area contributed by atoms with Crippen LogP contribution in [-0.4, -0.2) is 28.1 Å².